The van der Waals surface area contributed by atoms with Gasteiger partial charge in [-0.05, 0) is 24.4 Å². The molecule has 0 aromatic heterocycles. The molecule has 0 spiro atoms. The summed E-state index contributed by atoms with van der Waals surface area (Å²) in [5.41, 5.74) is 0.323. The highest BCUT2D eigenvalue weighted by molar-refractivity contribution is 7.80. The summed E-state index contributed by atoms with van der Waals surface area (Å²) in [6, 6.07) is 6.76. The van der Waals surface area contributed by atoms with Crippen LogP contribution in [0.15, 0.2) is 24.3 Å². The summed E-state index contributed by atoms with van der Waals surface area (Å²) in [5.74, 6) is -0.0372. The van der Waals surface area contributed by atoms with Crippen LogP contribution in [0.1, 0.15) is 10.4 Å². The first-order valence-electron chi connectivity index (χ1n) is 7.46. The van der Waals surface area contributed by atoms with E-state index in [1.807, 2.05) is 4.90 Å². The number of para-hydroxylation sites is 1. The average Bonchev–Trinajstić information content (AvgIpc) is 2.60. The van der Waals surface area contributed by atoms with Gasteiger partial charge < -0.3 is 25.0 Å². The Hall–Kier alpha value is -0.990. The molecular weight excluding hydrogens is 409 g/mol. The maximum Gasteiger partial charge on any atom is 0.256 e. The lowest BCUT2D eigenvalue weighted by atomic mass is 10.2. The van der Waals surface area contributed by atoms with Crippen LogP contribution in [0.5, 0.6) is 5.75 Å². The number of nitrogens with zero attached hydrogens (tertiary/aromatic N) is 1. The minimum atomic E-state index is -1.81. The molecule has 1 fully saturated rings. The first kappa shape index (κ1) is 20.3. The van der Waals surface area contributed by atoms with Crippen molar-refractivity contribution in [1.29, 1.82) is 0 Å². The monoisotopic (exact) mass is 425 g/mol. The zero-order valence-electron chi connectivity index (χ0n) is 13.4. The van der Waals surface area contributed by atoms with Gasteiger partial charge in [0, 0.05) is 13.1 Å². The molecular formula is C15H18Cl3N3O3S. The fourth-order valence-corrected chi connectivity index (χ4v) is 2.85. The summed E-state index contributed by atoms with van der Waals surface area (Å²) in [7, 11) is 1.48. The number of thiocarbonyl (C=S) groups is 1. The van der Waals surface area contributed by atoms with Gasteiger partial charge in [-0.15, -0.1) is 0 Å². The highest BCUT2D eigenvalue weighted by Gasteiger charge is 2.36. The van der Waals surface area contributed by atoms with Crippen molar-refractivity contribution < 1.29 is 14.3 Å². The second-order valence-corrected chi connectivity index (χ2v) is 7.95. The summed E-state index contributed by atoms with van der Waals surface area (Å²) in [4.78, 5) is 14.4. The number of alkyl halides is 3. The number of methoxy groups -OCH3 is 1. The fourth-order valence-electron chi connectivity index (χ4n) is 2.22. The van der Waals surface area contributed by atoms with Crippen LogP contribution >= 0.6 is 47.0 Å². The van der Waals surface area contributed by atoms with Crippen molar-refractivity contribution in [2.24, 2.45) is 0 Å². The maximum absolute atomic E-state index is 12.6. The number of benzene rings is 1. The van der Waals surface area contributed by atoms with E-state index in [0.29, 0.717) is 42.7 Å². The first-order chi connectivity index (χ1) is 11.8. The van der Waals surface area contributed by atoms with E-state index in [9.17, 15) is 4.79 Å². The number of hydrogen-bond acceptors (Lipinski definition) is 4. The van der Waals surface area contributed by atoms with Crippen molar-refractivity contribution in [1.82, 2.24) is 15.5 Å². The number of amides is 1. The minimum absolute atomic E-state index is 0.323. The molecule has 1 heterocycles. The molecule has 1 aliphatic heterocycles. The van der Waals surface area contributed by atoms with E-state index in [4.69, 9.17) is 56.5 Å². The lowest BCUT2D eigenvalue weighted by Gasteiger charge is -2.34. The van der Waals surface area contributed by atoms with E-state index in [2.05, 4.69) is 10.6 Å². The summed E-state index contributed by atoms with van der Waals surface area (Å²) in [6.07, 6.45) is -1.02. The highest BCUT2D eigenvalue weighted by Crippen LogP contribution is 2.30. The third kappa shape index (κ3) is 5.76. The van der Waals surface area contributed by atoms with Crippen molar-refractivity contribution >= 4 is 58.0 Å². The maximum atomic E-state index is 12.6. The molecule has 0 saturated carbocycles. The third-order valence-corrected chi connectivity index (χ3v) is 4.55. The van der Waals surface area contributed by atoms with E-state index < -0.39 is 15.9 Å². The van der Waals surface area contributed by atoms with Crippen molar-refractivity contribution in [3.05, 3.63) is 29.8 Å². The van der Waals surface area contributed by atoms with Crippen LogP contribution in [0.4, 0.5) is 0 Å². The van der Waals surface area contributed by atoms with Crippen LogP contribution in [0.25, 0.3) is 0 Å². The molecule has 1 atom stereocenters. The standard InChI is InChI=1S/C15H18Cl3N3O3S/c1-23-11-5-3-2-4-10(11)12(22)19-13(15(16,17)18)20-14(25)21-6-8-24-9-7-21/h2-5,13H,6-9H2,1H3,(H,19,22)(H,20,25)/t13-/m0/s1. The molecule has 1 saturated heterocycles. The summed E-state index contributed by atoms with van der Waals surface area (Å²) in [5, 5.41) is 5.92. The first-order valence-corrected chi connectivity index (χ1v) is 9.01. The van der Waals surface area contributed by atoms with Gasteiger partial charge in [-0.25, -0.2) is 0 Å². The van der Waals surface area contributed by atoms with Crippen LogP contribution in [0, 0.1) is 0 Å². The van der Waals surface area contributed by atoms with Gasteiger partial charge in [0.15, 0.2) is 5.11 Å². The van der Waals surface area contributed by atoms with Gasteiger partial charge in [-0.2, -0.15) is 0 Å². The molecule has 6 nitrogen and oxygen atoms in total. The van der Waals surface area contributed by atoms with Gasteiger partial charge in [0.2, 0.25) is 3.79 Å². The van der Waals surface area contributed by atoms with Crippen LogP contribution < -0.4 is 15.4 Å². The van der Waals surface area contributed by atoms with E-state index in [1.165, 1.54) is 7.11 Å². The predicted molar refractivity (Wildman–Crippen MR) is 103 cm³/mol. The Morgan fingerprint density at radius 3 is 2.52 bits per heavy atom. The van der Waals surface area contributed by atoms with E-state index >= 15 is 0 Å². The Bertz CT molecular complexity index is 622. The quantitative estimate of drug-likeness (QED) is 0.438. The van der Waals surface area contributed by atoms with Crippen LogP contribution in [0.3, 0.4) is 0 Å². The second-order valence-electron chi connectivity index (χ2n) is 5.20. The molecule has 25 heavy (non-hydrogen) atoms. The Labute approximate surface area is 166 Å². The van der Waals surface area contributed by atoms with E-state index in [-0.39, 0.29) is 0 Å². The average molecular weight is 427 g/mol. The fraction of sp³-hybridized carbons (Fsp3) is 0.467. The van der Waals surface area contributed by atoms with Gasteiger partial charge in [0.1, 0.15) is 11.9 Å². The molecule has 1 aromatic rings. The predicted octanol–water partition coefficient (Wildman–Crippen LogP) is 2.33. The number of rotatable bonds is 4. The summed E-state index contributed by atoms with van der Waals surface area (Å²) >= 11 is 23.4. The van der Waals surface area contributed by atoms with Gasteiger partial charge in [-0.3, -0.25) is 4.79 Å². The molecule has 2 N–H and O–H groups in total. The number of morpholine rings is 1. The number of nitrogens with one attached hydrogen (secondary N) is 2. The molecule has 0 radical (unpaired) electrons. The van der Waals surface area contributed by atoms with E-state index in [1.54, 1.807) is 24.3 Å². The molecule has 0 bridgehead atoms. The van der Waals surface area contributed by atoms with Crippen molar-refractivity contribution in [2.75, 3.05) is 33.4 Å². The van der Waals surface area contributed by atoms with Crippen molar-refractivity contribution in [2.45, 2.75) is 9.96 Å². The second kappa shape index (κ2) is 9.09. The zero-order valence-corrected chi connectivity index (χ0v) is 16.5. The lowest BCUT2D eigenvalue weighted by molar-refractivity contribution is 0.0671. The topological polar surface area (TPSA) is 62.8 Å². The molecule has 1 aliphatic rings. The molecule has 1 amide bonds. The Kier molecular flexibility index (Phi) is 7.39. The largest absolute Gasteiger partial charge is 0.496 e. The molecule has 138 valence electrons. The number of hydrogen-bond donors (Lipinski definition) is 2. The van der Waals surface area contributed by atoms with Gasteiger partial charge in [0.05, 0.1) is 25.9 Å². The lowest BCUT2D eigenvalue weighted by Crippen LogP contribution is -2.59. The van der Waals surface area contributed by atoms with Crippen LogP contribution in [0.2, 0.25) is 0 Å². The van der Waals surface area contributed by atoms with Crippen LogP contribution in [-0.4, -0.2) is 59.3 Å². The Balaban J connectivity index is 2.09. The van der Waals surface area contributed by atoms with Gasteiger partial charge in [-0.1, -0.05) is 46.9 Å². The van der Waals surface area contributed by atoms with Crippen molar-refractivity contribution in [3.63, 3.8) is 0 Å². The minimum Gasteiger partial charge on any atom is -0.496 e. The number of ether oxygens (including phenoxy) is 2. The molecule has 0 unspecified atom stereocenters. The normalized spacial score (nSPS) is 16.1. The number of carbonyl (C=O) groups excluding carboxylic acids is 1. The highest BCUT2D eigenvalue weighted by atomic mass is 35.6. The SMILES string of the molecule is COc1ccccc1C(=O)N[C@@H](NC(=S)N1CCOCC1)C(Cl)(Cl)Cl. The van der Waals surface area contributed by atoms with Crippen LogP contribution in [-0.2, 0) is 4.74 Å². The molecule has 0 aliphatic carbocycles. The summed E-state index contributed by atoms with van der Waals surface area (Å²) < 4.78 is 8.65. The third-order valence-electron chi connectivity index (χ3n) is 3.52. The Morgan fingerprint density at radius 1 is 1.28 bits per heavy atom. The van der Waals surface area contributed by atoms with E-state index in [0.717, 1.165) is 0 Å². The molecule has 1 aromatic carbocycles. The van der Waals surface area contributed by atoms with Crippen molar-refractivity contribution in [3.8, 4) is 5.75 Å². The zero-order chi connectivity index (χ0) is 18.4. The molecule has 10 heteroatoms. The summed E-state index contributed by atoms with van der Waals surface area (Å²) in [6.45, 7) is 2.37. The molecule has 2 rings (SSSR count). The van der Waals surface area contributed by atoms with Gasteiger partial charge >= 0.3 is 0 Å². The Morgan fingerprint density at radius 2 is 1.92 bits per heavy atom. The number of halogens is 3. The number of carbonyl (C=O) groups is 1. The van der Waals surface area contributed by atoms with Gasteiger partial charge in [0.25, 0.3) is 5.91 Å². The smallest absolute Gasteiger partial charge is 0.256 e.